The fourth-order valence-corrected chi connectivity index (χ4v) is 2.29. The minimum absolute atomic E-state index is 0.295. The standard InChI is InChI=1S/C13H27N/c1-6-7-8-11-9-10-12(2,3)13(4,5)14-11/h11,14H,6-10H2,1-5H3. The number of rotatable bonds is 3. The third-order valence-corrected chi connectivity index (χ3v) is 4.28. The van der Waals surface area contributed by atoms with E-state index in [9.17, 15) is 0 Å². The molecule has 1 nitrogen and oxygen atoms in total. The molecule has 1 heterocycles. The summed E-state index contributed by atoms with van der Waals surface area (Å²) in [6.07, 6.45) is 6.77. The zero-order chi connectivity index (χ0) is 10.8. The van der Waals surface area contributed by atoms with Crippen LogP contribution < -0.4 is 5.32 Å². The topological polar surface area (TPSA) is 12.0 Å². The molecule has 0 bridgehead atoms. The zero-order valence-corrected chi connectivity index (χ0v) is 10.6. The summed E-state index contributed by atoms with van der Waals surface area (Å²) in [6.45, 7) is 11.8. The van der Waals surface area contributed by atoms with Crippen molar-refractivity contribution in [2.45, 2.75) is 78.3 Å². The Bertz CT molecular complexity index is 182. The quantitative estimate of drug-likeness (QED) is 0.727. The van der Waals surface area contributed by atoms with Gasteiger partial charge in [-0.25, -0.2) is 0 Å². The first-order valence-electron chi connectivity index (χ1n) is 6.17. The summed E-state index contributed by atoms with van der Waals surface area (Å²) >= 11 is 0. The molecular formula is C13H27N. The van der Waals surface area contributed by atoms with Crippen molar-refractivity contribution in [1.82, 2.24) is 5.32 Å². The second kappa shape index (κ2) is 4.22. The van der Waals surface area contributed by atoms with Gasteiger partial charge in [-0.15, -0.1) is 0 Å². The van der Waals surface area contributed by atoms with Gasteiger partial charge in [-0.1, -0.05) is 33.6 Å². The molecule has 1 heteroatoms. The SMILES string of the molecule is CCCCC1CCC(C)(C)C(C)(C)N1. The van der Waals surface area contributed by atoms with Gasteiger partial charge in [0.2, 0.25) is 0 Å². The monoisotopic (exact) mass is 197 g/mol. The van der Waals surface area contributed by atoms with E-state index < -0.39 is 0 Å². The maximum absolute atomic E-state index is 3.82. The Morgan fingerprint density at radius 1 is 1.21 bits per heavy atom. The van der Waals surface area contributed by atoms with E-state index >= 15 is 0 Å². The molecule has 84 valence electrons. The summed E-state index contributed by atoms with van der Waals surface area (Å²) in [5, 5.41) is 3.82. The van der Waals surface area contributed by atoms with Crippen LogP contribution in [-0.2, 0) is 0 Å². The molecule has 1 saturated heterocycles. The van der Waals surface area contributed by atoms with Gasteiger partial charge in [0, 0.05) is 11.6 Å². The fraction of sp³-hybridized carbons (Fsp3) is 1.00. The Labute approximate surface area is 89.7 Å². The largest absolute Gasteiger partial charge is 0.309 e. The Kier molecular flexibility index (Phi) is 3.63. The minimum atomic E-state index is 0.295. The Morgan fingerprint density at radius 3 is 2.36 bits per heavy atom. The van der Waals surface area contributed by atoms with Crippen molar-refractivity contribution in [2.24, 2.45) is 5.41 Å². The molecule has 0 saturated carbocycles. The summed E-state index contributed by atoms with van der Waals surface area (Å²) in [6, 6.07) is 0.762. The molecule has 0 aromatic carbocycles. The van der Waals surface area contributed by atoms with E-state index in [1.165, 1.54) is 32.1 Å². The van der Waals surface area contributed by atoms with Crippen LogP contribution in [0.5, 0.6) is 0 Å². The van der Waals surface area contributed by atoms with E-state index in [1.54, 1.807) is 0 Å². The Hall–Kier alpha value is -0.0400. The highest BCUT2D eigenvalue weighted by atomic mass is 15.0. The molecule has 1 aliphatic rings. The minimum Gasteiger partial charge on any atom is -0.309 e. The van der Waals surface area contributed by atoms with Crippen molar-refractivity contribution in [3.8, 4) is 0 Å². The molecule has 0 aromatic heterocycles. The lowest BCUT2D eigenvalue weighted by atomic mass is 9.67. The molecular weight excluding hydrogens is 170 g/mol. The van der Waals surface area contributed by atoms with Crippen LogP contribution in [0.3, 0.4) is 0 Å². The smallest absolute Gasteiger partial charge is 0.0178 e. The molecule has 0 radical (unpaired) electrons. The molecule has 14 heavy (non-hydrogen) atoms. The normalized spacial score (nSPS) is 30.2. The van der Waals surface area contributed by atoms with Gasteiger partial charge in [-0.3, -0.25) is 0 Å². The molecule has 1 unspecified atom stereocenters. The zero-order valence-electron chi connectivity index (χ0n) is 10.6. The highest BCUT2D eigenvalue weighted by Crippen LogP contribution is 2.40. The van der Waals surface area contributed by atoms with Gasteiger partial charge in [-0.05, 0) is 38.5 Å². The fourth-order valence-electron chi connectivity index (χ4n) is 2.29. The Morgan fingerprint density at radius 2 is 1.86 bits per heavy atom. The predicted molar refractivity (Wildman–Crippen MR) is 63.5 cm³/mol. The molecule has 0 aliphatic carbocycles. The molecule has 1 atom stereocenters. The van der Waals surface area contributed by atoms with Crippen LogP contribution in [0.15, 0.2) is 0 Å². The number of nitrogens with one attached hydrogen (secondary N) is 1. The first kappa shape index (κ1) is 12.0. The lowest BCUT2D eigenvalue weighted by Crippen LogP contribution is -2.59. The highest BCUT2D eigenvalue weighted by Gasteiger charge is 2.41. The number of unbranched alkanes of at least 4 members (excludes halogenated alkanes) is 1. The maximum atomic E-state index is 3.82. The number of hydrogen-bond acceptors (Lipinski definition) is 1. The van der Waals surface area contributed by atoms with Crippen molar-refractivity contribution in [3.05, 3.63) is 0 Å². The van der Waals surface area contributed by atoms with E-state index in [2.05, 4.69) is 39.9 Å². The van der Waals surface area contributed by atoms with Crippen molar-refractivity contribution in [1.29, 1.82) is 0 Å². The summed E-state index contributed by atoms with van der Waals surface area (Å²) in [7, 11) is 0. The second-order valence-corrected chi connectivity index (χ2v) is 6.03. The van der Waals surface area contributed by atoms with E-state index in [-0.39, 0.29) is 0 Å². The van der Waals surface area contributed by atoms with Gasteiger partial charge in [0.25, 0.3) is 0 Å². The lowest BCUT2D eigenvalue weighted by Gasteiger charge is -2.50. The van der Waals surface area contributed by atoms with Gasteiger partial charge < -0.3 is 5.32 Å². The third-order valence-electron chi connectivity index (χ3n) is 4.28. The van der Waals surface area contributed by atoms with Crippen LogP contribution in [0.4, 0.5) is 0 Å². The van der Waals surface area contributed by atoms with Gasteiger partial charge in [-0.2, -0.15) is 0 Å². The van der Waals surface area contributed by atoms with Crippen LogP contribution >= 0.6 is 0 Å². The molecule has 1 fully saturated rings. The third kappa shape index (κ3) is 2.50. The van der Waals surface area contributed by atoms with Crippen molar-refractivity contribution in [2.75, 3.05) is 0 Å². The predicted octanol–water partition coefficient (Wildman–Crippen LogP) is 3.73. The lowest BCUT2D eigenvalue weighted by molar-refractivity contribution is 0.0738. The van der Waals surface area contributed by atoms with E-state index in [4.69, 9.17) is 0 Å². The van der Waals surface area contributed by atoms with Crippen LogP contribution in [0.2, 0.25) is 0 Å². The van der Waals surface area contributed by atoms with Crippen LogP contribution in [-0.4, -0.2) is 11.6 Å². The van der Waals surface area contributed by atoms with E-state index in [0.29, 0.717) is 11.0 Å². The molecule has 0 aromatic rings. The molecule has 0 spiro atoms. The summed E-state index contributed by atoms with van der Waals surface area (Å²) in [4.78, 5) is 0. The van der Waals surface area contributed by atoms with E-state index in [0.717, 1.165) is 6.04 Å². The molecule has 0 amide bonds. The second-order valence-electron chi connectivity index (χ2n) is 6.03. The Balaban J connectivity index is 2.50. The summed E-state index contributed by atoms with van der Waals surface area (Å²) in [5.74, 6) is 0. The average Bonchev–Trinajstić information content (AvgIpc) is 2.07. The summed E-state index contributed by atoms with van der Waals surface area (Å²) < 4.78 is 0. The summed E-state index contributed by atoms with van der Waals surface area (Å²) in [5.41, 5.74) is 0.735. The highest BCUT2D eigenvalue weighted by molar-refractivity contribution is 4.99. The molecule has 1 rings (SSSR count). The van der Waals surface area contributed by atoms with Crippen molar-refractivity contribution >= 4 is 0 Å². The molecule has 1 N–H and O–H groups in total. The van der Waals surface area contributed by atoms with Crippen molar-refractivity contribution in [3.63, 3.8) is 0 Å². The van der Waals surface area contributed by atoms with Gasteiger partial charge in [0.15, 0.2) is 0 Å². The molecule has 1 aliphatic heterocycles. The van der Waals surface area contributed by atoms with Crippen LogP contribution in [0.25, 0.3) is 0 Å². The van der Waals surface area contributed by atoms with Gasteiger partial charge in [0.1, 0.15) is 0 Å². The van der Waals surface area contributed by atoms with Gasteiger partial charge in [0.05, 0.1) is 0 Å². The average molecular weight is 197 g/mol. The van der Waals surface area contributed by atoms with Crippen LogP contribution in [0.1, 0.15) is 66.7 Å². The van der Waals surface area contributed by atoms with Crippen LogP contribution in [0, 0.1) is 5.41 Å². The van der Waals surface area contributed by atoms with E-state index in [1.807, 2.05) is 0 Å². The van der Waals surface area contributed by atoms with Crippen molar-refractivity contribution < 1.29 is 0 Å². The maximum Gasteiger partial charge on any atom is 0.0178 e. The number of piperidine rings is 1. The van der Waals surface area contributed by atoms with Gasteiger partial charge >= 0.3 is 0 Å². The number of hydrogen-bond donors (Lipinski definition) is 1. The first-order chi connectivity index (χ1) is 6.39. The first-order valence-corrected chi connectivity index (χ1v) is 6.17.